The monoisotopic (exact) mass is 558 g/mol. The van der Waals surface area contributed by atoms with Crippen molar-refractivity contribution in [2.45, 2.75) is 50.0 Å². The topological polar surface area (TPSA) is 306 Å². The standard InChI is InChI=1S/C9H22O19P4/c1-2-3-23-4-5(24-10)7(26-30(14,15)16)9(28-32(20,21)22)8(27-31(17,18)19)6(4)25-29(11,12)13/h4-10H,2-3H2,1H3,(H2,11,12,13)(H2,14,15,16)(H2,17,18,19)(H2,20,21,22)/t4-,5+,6?,7?,8?,9+/m1/s1. The van der Waals surface area contributed by atoms with Gasteiger partial charge in [0.2, 0.25) is 0 Å². The minimum Gasteiger partial charge on any atom is -0.372 e. The van der Waals surface area contributed by atoms with Gasteiger partial charge in [-0.05, 0) is 6.42 Å². The van der Waals surface area contributed by atoms with Crippen molar-refractivity contribution < 1.29 is 90.4 Å². The number of hydrogen-bond donors (Lipinski definition) is 9. The highest BCUT2D eigenvalue weighted by Gasteiger charge is 2.60. The van der Waals surface area contributed by atoms with Gasteiger partial charge in [0, 0.05) is 6.61 Å². The van der Waals surface area contributed by atoms with Crippen LogP contribution in [0.2, 0.25) is 0 Å². The molecule has 0 amide bonds. The Morgan fingerprint density at radius 3 is 1.09 bits per heavy atom. The molecule has 0 aromatic carbocycles. The molecule has 0 radical (unpaired) electrons. The number of hydrogen-bond acceptors (Lipinski definition) is 11. The van der Waals surface area contributed by atoms with Gasteiger partial charge in [-0.25, -0.2) is 23.1 Å². The molecule has 0 spiro atoms. The fourth-order valence-electron chi connectivity index (χ4n) is 2.80. The van der Waals surface area contributed by atoms with E-state index in [1.807, 2.05) is 0 Å². The highest BCUT2D eigenvalue weighted by atomic mass is 31.2. The van der Waals surface area contributed by atoms with E-state index >= 15 is 0 Å². The lowest BCUT2D eigenvalue weighted by Gasteiger charge is -2.47. The summed E-state index contributed by atoms with van der Waals surface area (Å²) >= 11 is 0. The van der Waals surface area contributed by atoms with E-state index in [0.717, 1.165) is 0 Å². The summed E-state index contributed by atoms with van der Waals surface area (Å²) in [4.78, 5) is 77.3. The van der Waals surface area contributed by atoms with Crippen molar-refractivity contribution in [2.24, 2.45) is 0 Å². The van der Waals surface area contributed by atoms with E-state index in [1.165, 1.54) is 6.92 Å². The van der Waals surface area contributed by atoms with Crippen LogP contribution in [0, 0.1) is 0 Å². The summed E-state index contributed by atoms with van der Waals surface area (Å²) in [5.74, 6) is 0. The Labute approximate surface area is 179 Å². The molecule has 0 aromatic rings. The third-order valence-corrected chi connectivity index (χ3v) is 5.69. The minimum atomic E-state index is -5.69. The highest BCUT2D eigenvalue weighted by Crippen LogP contribution is 2.53. The number of rotatable bonds is 12. The fourth-order valence-corrected chi connectivity index (χ4v) is 5.03. The lowest BCUT2D eigenvalue weighted by Crippen LogP contribution is -2.66. The predicted molar refractivity (Wildman–Crippen MR) is 95.2 cm³/mol. The molecule has 0 aromatic heterocycles. The highest BCUT2D eigenvalue weighted by molar-refractivity contribution is 7.47. The summed E-state index contributed by atoms with van der Waals surface area (Å²) in [6.07, 6.45) is -14.3. The maximum Gasteiger partial charge on any atom is 0.470 e. The molecule has 1 aliphatic carbocycles. The van der Waals surface area contributed by atoms with Gasteiger partial charge < -0.3 is 43.9 Å². The molecule has 6 atom stereocenters. The molecule has 1 fully saturated rings. The Balaban J connectivity index is 3.74. The first kappa shape index (κ1) is 30.4. The van der Waals surface area contributed by atoms with Crippen molar-refractivity contribution in [3.63, 3.8) is 0 Å². The van der Waals surface area contributed by atoms with E-state index in [1.54, 1.807) is 0 Å². The molecule has 0 aliphatic heterocycles. The van der Waals surface area contributed by atoms with Gasteiger partial charge in [0.15, 0.2) is 6.10 Å². The molecule has 0 heterocycles. The van der Waals surface area contributed by atoms with Gasteiger partial charge in [0.25, 0.3) is 0 Å². The molecule has 9 N–H and O–H groups in total. The molecule has 1 aliphatic rings. The van der Waals surface area contributed by atoms with Gasteiger partial charge in [0.05, 0.1) is 0 Å². The summed E-state index contributed by atoms with van der Waals surface area (Å²) in [6.45, 7) is 1.23. The van der Waals surface area contributed by atoms with Crippen LogP contribution in [-0.2, 0) is 46.0 Å². The molecule has 19 nitrogen and oxygen atoms in total. The Bertz CT molecular complexity index is 793. The molecule has 23 heteroatoms. The number of phosphoric acid groups is 4. The second kappa shape index (κ2) is 11.4. The third kappa shape index (κ3) is 10.3. The molecule has 0 bridgehead atoms. The van der Waals surface area contributed by atoms with Gasteiger partial charge in [-0.15, -0.1) is 0 Å². The Hall–Kier alpha value is 0.320. The lowest BCUT2D eigenvalue weighted by atomic mass is 9.85. The van der Waals surface area contributed by atoms with Crippen LogP contribution in [0.1, 0.15) is 13.3 Å². The van der Waals surface area contributed by atoms with E-state index in [4.69, 9.17) is 24.3 Å². The molecular weight excluding hydrogens is 536 g/mol. The Morgan fingerprint density at radius 2 is 0.844 bits per heavy atom. The van der Waals surface area contributed by atoms with Gasteiger partial charge in [-0.3, -0.25) is 23.4 Å². The molecule has 32 heavy (non-hydrogen) atoms. The second-order valence-corrected chi connectivity index (χ2v) is 10.9. The van der Waals surface area contributed by atoms with Crippen LogP contribution in [0.5, 0.6) is 0 Å². The first-order chi connectivity index (χ1) is 14.3. The maximum atomic E-state index is 11.4. The Kier molecular flexibility index (Phi) is 10.8. The number of phosphoric ester groups is 4. The molecule has 3 unspecified atom stereocenters. The molecule has 1 rings (SSSR count). The van der Waals surface area contributed by atoms with Crippen molar-refractivity contribution in [3.8, 4) is 0 Å². The van der Waals surface area contributed by atoms with Crippen molar-refractivity contribution in [1.29, 1.82) is 0 Å². The SMILES string of the molecule is CCCO[C@H]1C(OP(=O)(O)O)C(OP(=O)(O)O)[C@@H](OP(=O)(O)O)C(OP(=O)(O)O)[C@H]1OO. The zero-order valence-electron chi connectivity index (χ0n) is 15.8. The van der Waals surface area contributed by atoms with Crippen molar-refractivity contribution in [1.82, 2.24) is 0 Å². The van der Waals surface area contributed by atoms with Crippen LogP contribution in [-0.4, -0.2) is 87.6 Å². The molecular formula is C9H22O19P4. The summed E-state index contributed by atoms with van der Waals surface area (Å²) in [6, 6.07) is 0. The third-order valence-electron chi connectivity index (χ3n) is 3.62. The summed E-state index contributed by atoms with van der Waals surface area (Å²) in [7, 11) is -22.5. The first-order valence-electron chi connectivity index (χ1n) is 8.15. The van der Waals surface area contributed by atoms with Gasteiger partial charge in [-0.1, -0.05) is 6.92 Å². The first-order valence-corrected chi connectivity index (χ1v) is 14.3. The molecule has 0 saturated heterocycles. The van der Waals surface area contributed by atoms with Crippen LogP contribution in [0.4, 0.5) is 0 Å². The minimum absolute atomic E-state index is 0.188. The van der Waals surface area contributed by atoms with Crippen LogP contribution in [0.25, 0.3) is 0 Å². The quantitative estimate of drug-likeness (QED) is 0.0752. The van der Waals surface area contributed by atoms with Crippen molar-refractivity contribution >= 4 is 31.3 Å². The van der Waals surface area contributed by atoms with E-state index in [9.17, 15) is 43.1 Å². The van der Waals surface area contributed by atoms with E-state index < -0.39 is 67.9 Å². The van der Waals surface area contributed by atoms with Crippen molar-refractivity contribution in [3.05, 3.63) is 0 Å². The summed E-state index contributed by atoms with van der Waals surface area (Å²) < 4.78 is 68.2. The second-order valence-electron chi connectivity index (χ2n) is 6.15. The molecule has 192 valence electrons. The summed E-state index contributed by atoms with van der Waals surface area (Å²) in [5.41, 5.74) is 0. The average Bonchev–Trinajstić information content (AvgIpc) is 2.54. The number of ether oxygens (including phenoxy) is 1. The van der Waals surface area contributed by atoms with Crippen LogP contribution < -0.4 is 0 Å². The van der Waals surface area contributed by atoms with Gasteiger partial charge in [0.1, 0.15) is 30.5 Å². The van der Waals surface area contributed by atoms with Crippen LogP contribution in [0.15, 0.2) is 0 Å². The Morgan fingerprint density at radius 1 is 0.562 bits per heavy atom. The lowest BCUT2D eigenvalue weighted by molar-refractivity contribution is -0.347. The smallest absolute Gasteiger partial charge is 0.372 e. The molecule has 1 saturated carbocycles. The van der Waals surface area contributed by atoms with E-state index in [0.29, 0.717) is 0 Å². The van der Waals surface area contributed by atoms with E-state index in [2.05, 4.69) is 23.0 Å². The normalized spacial score (nSPS) is 30.4. The van der Waals surface area contributed by atoms with Crippen LogP contribution >= 0.6 is 31.3 Å². The van der Waals surface area contributed by atoms with Crippen molar-refractivity contribution in [2.75, 3.05) is 6.61 Å². The van der Waals surface area contributed by atoms with Crippen LogP contribution in [0.3, 0.4) is 0 Å². The predicted octanol–water partition coefficient (Wildman–Crippen LogP) is -1.44. The van der Waals surface area contributed by atoms with Gasteiger partial charge >= 0.3 is 31.3 Å². The largest absolute Gasteiger partial charge is 0.470 e. The average molecular weight is 558 g/mol. The fraction of sp³-hybridized carbons (Fsp3) is 1.00. The van der Waals surface area contributed by atoms with Gasteiger partial charge in [-0.2, -0.15) is 0 Å². The van der Waals surface area contributed by atoms with E-state index in [-0.39, 0.29) is 13.0 Å². The maximum absolute atomic E-state index is 11.4. The zero-order chi connectivity index (χ0) is 25.1. The zero-order valence-corrected chi connectivity index (χ0v) is 19.4. The summed E-state index contributed by atoms with van der Waals surface area (Å²) in [5, 5.41) is 9.27.